The molecular weight excluding hydrogens is 230 g/mol. The van der Waals surface area contributed by atoms with E-state index >= 15 is 0 Å². The van der Waals surface area contributed by atoms with Crippen LogP contribution in [0.1, 0.15) is 39.8 Å². The van der Waals surface area contributed by atoms with E-state index in [1.807, 2.05) is 0 Å². The van der Waals surface area contributed by atoms with Gasteiger partial charge in [0.05, 0.1) is 0 Å². The SMILES string of the molecule is CNC(c1cc(C)ccc1C)C1Cc2ccccc21. The van der Waals surface area contributed by atoms with E-state index in [9.17, 15) is 0 Å². The fraction of sp³-hybridized carbons (Fsp3) is 0.333. The van der Waals surface area contributed by atoms with E-state index in [0.29, 0.717) is 12.0 Å². The molecule has 0 bridgehead atoms. The van der Waals surface area contributed by atoms with Crippen molar-refractivity contribution in [2.24, 2.45) is 0 Å². The molecule has 0 fully saturated rings. The Labute approximate surface area is 115 Å². The maximum absolute atomic E-state index is 3.53. The van der Waals surface area contributed by atoms with Crippen molar-refractivity contribution >= 4 is 0 Å². The molecule has 19 heavy (non-hydrogen) atoms. The fourth-order valence-corrected chi connectivity index (χ4v) is 3.26. The largest absolute Gasteiger partial charge is 0.312 e. The summed E-state index contributed by atoms with van der Waals surface area (Å²) < 4.78 is 0. The highest BCUT2D eigenvalue weighted by Gasteiger charge is 2.33. The molecule has 2 unspecified atom stereocenters. The predicted octanol–water partition coefficient (Wildman–Crippen LogP) is 3.90. The number of rotatable bonds is 3. The van der Waals surface area contributed by atoms with Gasteiger partial charge >= 0.3 is 0 Å². The average molecular weight is 251 g/mol. The van der Waals surface area contributed by atoms with Gasteiger partial charge in [0.25, 0.3) is 0 Å². The van der Waals surface area contributed by atoms with Gasteiger partial charge in [0.1, 0.15) is 0 Å². The van der Waals surface area contributed by atoms with Gasteiger partial charge in [0, 0.05) is 12.0 Å². The number of fused-ring (bicyclic) bond motifs is 1. The summed E-state index contributed by atoms with van der Waals surface area (Å²) in [5, 5.41) is 3.53. The number of benzene rings is 2. The molecule has 98 valence electrons. The topological polar surface area (TPSA) is 12.0 Å². The van der Waals surface area contributed by atoms with Gasteiger partial charge in [-0.05, 0) is 49.6 Å². The molecule has 0 saturated carbocycles. The molecule has 1 heteroatoms. The molecule has 0 amide bonds. The third-order valence-electron chi connectivity index (χ3n) is 4.38. The van der Waals surface area contributed by atoms with Crippen LogP contribution in [0.2, 0.25) is 0 Å². The van der Waals surface area contributed by atoms with Crippen molar-refractivity contribution in [1.82, 2.24) is 5.32 Å². The van der Waals surface area contributed by atoms with Crippen molar-refractivity contribution in [3.63, 3.8) is 0 Å². The zero-order valence-electron chi connectivity index (χ0n) is 11.9. The van der Waals surface area contributed by atoms with Gasteiger partial charge < -0.3 is 5.32 Å². The Bertz CT molecular complexity index is 600. The van der Waals surface area contributed by atoms with Gasteiger partial charge in [-0.25, -0.2) is 0 Å². The number of aryl methyl sites for hydroxylation is 2. The molecule has 2 aromatic rings. The van der Waals surface area contributed by atoms with Crippen LogP contribution in [0.4, 0.5) is 0 Å². The third-order valence-corrected chi connectivity index (χ3v) is 4.38. The Hall–Kier alpha value is -1.60. The van der Waals surface area contributed by atoms with Crippen LogP contribution in [0.3, 0.4) is 0 Å². The minimum atomic E-state index is 0.426. The second-order valence-corrected chi connectivity index (χ2v) is 5.64. The Kier molecular flexibility index (Phi) is 3.16. The Morgan fingerprint density at radius 2 is 1.89 bits per heavy atom. The van der Waals surface area contributed by atoms with Gasteiger partial charge in [-0.2, -0.15) is 0 Å². The molecule has 0 spiro atoms. The fourth-order valence-electron chi connectivity index (χ4n) is 3.26. The van der Waals surface area contributed by atoms with Crippen LogP contribution in [0, 0.1) is 13.8 Å². The van der Waals surface area contributed by atoms with Crippen LogP contribution in [-0.4, -0.2) is 7.05 Å². The summed E-state index contributed by atoms with van der Waals surface area (Å²) >= 11 is 0. The van der Waals surface area contributed by atoms with Crippen LogP contribution in [0.15, 0.2) is 42.5 Å². The van der Waals surface area contributed by atoms with Crippen LogP contribution < -0.4 is 5.32 Å². The van der Waals surface area contributed by atoms with Crippen LogP contribution >= 0.6 is 0 Å². The smallest absolute Gasteiger partial charge is 0.0393 e. The minimum Gasteiger partial charge on any atom is -0.312 e. The Morgan fingerprint density at radius 3 is 2.63 bits per heavy atom. The number of hydrogen-bond donors (Lipinski definition) is 1. The predicted molar refractivity (Wildman–Crippen MR) is 80.6 cm³/mol. The lowest BCUT2D eigenvalue weighted by Crippen LogP contribution is -2.31. The van der Waals surface area contributed by atoms with Crippen molar-refractivity contribution in [3.05, 3.63) is 70.3 Å². The molecule has 0 aliphatic heterocycles. The third kappa shape index (κ3) is 2.08. The quantitative estimate of drug-likeness (QED) is 0.872. The highest BCUT2D eigenvalue weighted by atomic mass is 14.9. The van der Waals surface area contributed by atoms with E-state index in [1.54, 1.807) is 0 Å². The van der Waals surface area contributed by atoms with E-state index in [1.165, 1.54) is 34.2 Å². The Balaban J connectivity index is 1.97. The van der Waals surface area contributed by atoms with Crippen LogP contribution in [0.25, 0.3) is 0 Å². The first-order chi connectivity index (χ1) is 9.20. The van der Waals surface area contributed by atoms with E-state index in [-0.39, 0.29) is 0 Å². The highest BCUT2D eigenvalue weighted by molar-refractivity contribution is 5.45. The second-order valence-electron chi connectivity index (χ2n) is 5.64. The lowest BCUT2D eigenvalue weighted by Gasteiger charge is -2.37. The molecule has 1 N–H and O–H groups in total. The van der Waals surface area contributed by atoms with E-state index in [2.05, 4.69) is 68.7 Å². The summed E-state index contributed by atoms with van der Waals surface area (Å²) in [6.07, 6.45) is 1.19. The lowest BCUT2D eigenvalue weighted by atomic mass is 9.71. The number of hydrogen-bond acceptors (Lipinski definition) is 1. The molecule has 0 aromatic heterocycles. The summed E-state index contributed by atoms with van der Waals surface area (Å²) in [6.45, 7) is 4.38. The molecular formula is C18H21N. The molecule has 0 saturated heterocycles. The van der Waals surface area contributed by atoms with Crippen molar-refractivity contribution < 1.29 is 0 Å². The van der Waals surface area contributed by atoms with Crippen LogP contribution in [0.5, 0.6) is 0 Å². The van der Waals surface area contributed by atoms with Gasteiger partial charge in [-0.15, -0.1) is 0 Å². The van der Waals surface area contributed by atoms with Crippen LogP contribution in [-0.2, 0) is 6.42 Å². The molecule has 0 heterocycles. The summed E-state index contributed by atoms with van der Waals surface area (Å²) in [6, 6.07) is 16.0. The normalized spacial score (nSPS) is 18.6. The molecule has 2 aromatic carbocycles. The molecule has 2 atom stereocenters. The molecule has 1 aliphatic carbocycles. The second kappa shape index (κ2) is 4.82. The monoisotopic (exact) mass is 251 g/mol. The lowest BCUT2D eigenvalue weighted by molar-refractivity contribution is 0.437. The van der Waals surface area contributed by atoms with Gasteiger partial charge in [-0.3, -0.25) is 0 Å². The minimum absolute atomic E-state index is 0.426. The van der Waals surface area contributed by atoms with Crippen molar-refractivity contribution in [2.45, 2.75) is 32.2 Å². The first-order valence-corrected chi connectivity index (χ1v) is 7.03. The van der Waals surface area contributed by atoms with Gasteiger partial charge in [0.2, 0.25) is 0 Å². The zero-order valence-corrected chi connectivity index (χ0v) is 11.9. The molecule has 1 nitrogen and oxygen atoms in total. The molecule has 0 radical (unpaired) electrons. The summed E-state index contributed by atoms with van der Waals surface area (Å²) in [7, 11) is 2.08. The Morgan fingerprint density at radius 1 is 1.11 bits per heavy atom. The van der Waals surface area contributed by atoms with Crippen molar-refractivity contribution in [2.75, 3.05) is 7.05 Å². The van der Waals surface area contributed by atoms with E-state index in [4.69, 9.17) is 0 Å². The maximum Gasteiger partial charge on any atom is 0.0393 e. The highest BCUT2D eigenvalue weighted by Crippen LogP contribution is 2.43. The summed E-state index contributed by atoms with van der Waals surface area (Å²) in [5.41, 5.74) is 7.20. The number of nitrogens with one attached hydrogen (secondary N) is 1. The van der Waals surface area contributed by atoms with Gasteiger partial charge in [-0.1, -0.05) is 48.0 Å². The molecule has 1 aliphatic rings. The average Bonchev–Trinajstić information content (AvgIpc) is 2.39. The number of likely N-dealkylation sites (N-methyl/N-ethyl adjacent to an activating group) is 1. The standard InChI is InChI=1S/C18H21N/c1-12-8-9-13(2)16(10-12)18(19-3)17-11-14-6-4-5-7-15(14)17/h4-10,17-19H,11H2,1-3H3. The van der Waals surface area contributed by atoms with Gasteiger partial charge in [0.15, 0.2) is 0 Å². The van der Waals surface area contributed by atoms with E-state index in [0.717, 1.165) is 0 Å². The van der Waals surface area contributed by atoms with Crippen molar-refractivity contribution in [1.29, 1.82) is 0 Å². The van der Waals surface area contributed by atoms with E-state index < -0.39 is 0 Å². The first-order valence-electron chi connectivity index (χ1n) is 7.03. The summed E-state index contributed by atoms with van der Waals surface area (Å²) in [5.74, 6) is 0.613. The zero-order chi connectivity index (χ0) is 13.4. The van der Waals surface area contributed by atoms with Crippen molar-refractivity contribution in [3.8, 4) is 0 Å². The molecule has 3 rings (SSSR count). The summed E-state index contributed by atoms with van der Waals surface area (Å²) in [4.78, 5) is 0. The maximum atomic E-state index is 3.53. The first kappa shape index (κ1) is 12.4.